The summed E-state index contributed by atoms with van der Waals surface area (Å²) < 4.78 is 0. The van der Waals surface area contributed by atoms with Crippen LogP contribution in [0.2, 0.25) is 0 Å². The van der Waals surface area contributed by atoms with Gasteiger partial charge in [-0.2, -0.15) is 0 Å². The molecule has 0 atom stereocenters. The fourth-order valence-corrected chi connectivity index (χ4v) is 1.20. The van der Waals surface area contributed by atoms with Crippen molar-refractivity contribution < 1.29 is 9.59 Å². The van der Waals surface area contributed by atoms with Gasteiger partial charge in [0.05, 0.1) is 0 Å². The van der Waals surface area contributed by atoms with E-state index in [1.165, 1.54) is 30.3 Å². The number of nitrogens with zero attached hydrogens (tertiary/aromatic N) is 1. The van der Waals surface area contributed by atoms with Gasteiger partial charge in [-0.3, -0.25) is 14.5 Å². The summed E-state index contributed by atoms with van der Waals surface area (Å²) in [5.74, 6) is -0.481. The van der Waals surface area contributed by atoms with Crippen LogP contribution in [0.3, 0.4) is 0 Å². The molecular weight excluding hydrogens is 216 g/mol. The van der Waals surface area contributed by atoms with Gasteiger partial charge in [-0.1, -0.05) is 29.8 Å². The van der Waals surface area contributed by atoms with Crippen LogP contribution >= 0.6 is 0 Å². The van der Waals surface area contributed by atoms with Crippen LogP contribution < -0.4 is 5.73 Å². The molecule has 0 aliphatic carbocycles. The van der Waals surface area contributed by atoms with Gasteiger partial charge >= 0.3 is 0 Å². The number of carbonyl (C=O) groups is 2. The number of hydrogen-bond donors (Lipinski definition) is 1. The Balaban J connectivity index is 0.000000171. The first-order valence-corrected chi connectivity index (χ1v) is 5.30. The number of amides is 2. The number of likely N-dealkylation sites (N-methyl/N-ethyl adjacent to an activating group) is 1. The van der Waals surface area contributed by atoms with Crippen molar-refractivity contribution in [1.29, 1.82) is 0 Å². The monoisotopic (exact) mass is 232 g/mol. The summed E-state index contributed by atoms with van der Waals surface area (Å²) in [6, 6.07) is 8.25. The smallest absolute Gasteiger partial charge is 0.253 e. The van der Waals surface area contributed by atoms with Crippen molar-refractivity contribution in [3.8, 4) is 0 Å². The van der Waals surface area contributed by atoms with Gasteiger partial charge in [-0.15, -0.1) is 0 Å². The maximum absolute atomic E-state index is 10.4. The van der Waals surface area contributed by atoms with Gasteiger partial charge in [0.25, 0.3) is 11.8 Å². The number of benzene rings is 1. The Bertz CT molecular complexity index is 417. The molecule has 1 aliphatic heterocycles. The van der Waals surface area contributed by atoms with Gasteiger partial charge < -0.3 is 5.73 Å². The van der Waals surface area contributed by atoms with Crippen molar-refractivity contribution >= 4 is 11.8 Å². The lowest BCUT2D eigenvalue weighted by atomic mass is 10.2. The normalized spacial score (nSPS) is 13.7. The van der Waals surface area contributed by atoms with E-state index in [0.717, 1.165) is 4.90 Å². The molecule has 0 spiro atoms. The van der Waals surface area contributed by atoms with Crippen LogP contribution in [0.5, 0.6) is 0 Å². The third kappa shape index (κ3) is 3.85. The quantitative estimate of drug-likeness (QED) is 0.734. The summed E-state index contributed by atoms with van der Waals surface area (Å²) in [6.07, 6.45) is 2.50. The lowest BCUT2D eigenvalue weighted by Crippen LogP contribution is -2.24. The van der Waals surface area contributed by atoms with Crippen molar-refractivity contribution in [2.75, 3.05) is 7.05 Å². The highest BCUT2D eigenvalue weighted by Crippen LogP contribution is 2.00. The predicted octanol–water partition coefficient (Wildman–Crippen LogP) is 0.995. The van der Waals surface area contributed by atoms with Crippen molar-refractivity contribution in [2.24, 2.45) is 5.73 Å². The number of rotatable bonds is 1. The van der Waals surface area contributed by atoms with E-state index in [-0.39, 0.29) is 11.8 Å². The SMILES string of the molecule is CN1C(=O)C=CC1=O.Cc1ccc(CN)cc1. The summed E-state index contributed by atoms with van der Waals surface area (Å²) in [7, 11) is 1.45. The molecule has 0 bridgehead atoms. The van der Waals surface area contributed by atoms with E-state index < -0.39 is 0 Å². The van der Waals surface area contributed by atoms with Gasteiger partial charge in [0.2, 0.25) is 0 Å². The maximum Gasteiger partial charge on any atom is 0.253 e. The van der Waals surface area contributed by atoms with Crippen molar-refractivity contribution in [3.63, 3.8) is 0 Å². The van der Waals surface area contributed by atoms with Crippen LogP contribution in [-0.2, 0) is 16.1 Å². The summed E-state index contributed by atoms with van der Waals surface area (Å²) in [5, 5.41) is 0. The Labute approximate surface area is 101 Å². The molecule has 2 rings (SSSR count). The lowest BCUT2D eigenvalue weighted by Gasteiger charge is -2.01. The number of imide groups is 1. The Morgan fingerprint density at radius 2 is 1.53 bits per heavy atom. The number of nitrogens with two attached hydrogens (primary N) is 1. The minimum Gasteiger partial charge on any atom is -0.326 e. The molecule has 1 aliphatic rings. The van der Waals surface area contributed by atoms with Gasteiger partial charge in [0.1, 0.15) is 0 Å². The zero-order valence-electron chi connectivity index (χ0n) is 10.0. The average molecular weight is 232 g/mol. The van der Waals surface area contributed by atoms with Crippen LogP contribution in [0.1, 0.15) is 11.1 Å². The Hall–Kier alpha value is -1.94. The van der Waals surface area contributed by atoms with E-state index in [4.69, 9.17) is 5.73 Å². The number of carbonyl (C=O) groups excluding carboxylic acids is 2. The summed E-state index contributed by atoms with van der Waals surface area (Å²) in [4.78, 5) is 21.9. The summed E-state index contributed by atoms with van der Waals surface area (Å²) in [5.41, 5.74) is 7.88. The molecule has 0 unspecified atom stereocenters. The van der Waals surface area contributed by atoms with Gasteiger partial charge in [0.15, 0.2) is 0 Å². The molecule has 4 nitrogen and oxygen atoms in total. The highest BCUT2D eigenvalue weighted by atomic mass is 16.2. The number of hydrogen-bond acceptors (Lipinski definition) is 3. The minimum absolute atomic E-state index is 0.241. The van der Waals surface area contributed by atoms with Crippen molar-refractivity contribution in [2.45, 2.75) is 13.5 Å². The highest BCUT2D eigenvalue weighted by molar-refractivity contribution is 6.12. The molecule has 90 valence electrons. The third-order valence-electron chi connectivity index (χ3n) is 2.39. The van der Waals surface area contributed by atoms with E-state index in [1.807, 2.05) is 0 Å². The second-order valence-corrected chi connectivity index (χ2v) is 3.76. The Morgan fingerprint density at radius 3 is 1.82 bits per heavy atom. The Kier molecular flexibility index (Phi) is 4.60. The van der Waals surface area contributed by atoms with E-state index in [9.17, 15) is 9.59 Å². The minimum atomic E-state index is -0.241. The Morgan fingerprint density at radius 1 is 1.06 bits per heavy atom. The van der Waals surface area contributed by atoms with Gasteiger partial charge in [-0.25, -0.2) is 0 Å². The van der Waals surface area contributed by atoms with E-state index in [0.29, 0.717) is 6.54 Å². The third-order valence-corrected chi connectivity index (χ3v) is 2.39. The molecule has 0 saturated heterocycles. The summed E-state index contributed by atoms with van der Waals surface area (Å²) in [6.45, 7) is 2.71. The van der Waals surface area contributed by atoms with E-state index in [1.54, 1.807) is 0 Å². The van der Waals surface area contributed by atoms with Crippen LogP contribution in [0.25, 0.3) is 0 Å². The topological polar surface area (TPSA) is 63.4 Å². The molecule has 2 amide bonds. The van der Waals surface area contributed by atoms with Crippen molar-refractivity contribution in [3.05, 3.63) is 47.5 Å². The molecule has 4 heteroatoms. The molecule has 1 aromatic carbocycles. The maximum atomic E-state index is 10.4. The average Bonchev–Trinajstić information content (AvgIpc) is 2.62. The fourth-order valence-electron chi connectivity index (χ4n) is 1.20. The molecule has 1 aromatic rings. The lowest BCUT2D eigenvalue weighted by molar-refractivity contribution is -0.135. The zero-order chi connectivity index (χ0) is 12.8. The van der Waals surface area contributed by atoms with Crippen molar-refractivity contribution in [1.82, 2.24) is 4.90 Å². The molecule has 0 saturated carbocycles. The van der Waals surface area contributed by atoms with Crippen LogP contribution in [0.15, 0.2) is 36.4 Å². The van der Waals surface area contributed by atoms with Crippen LogP contribution in [0.4, 0.5) is 0 Å². The first kappa shape index (κ1) is 13.1. The van der Waals surface area contributed by atoms with Gasteiger partial charge in [0, 0.05) is 25.7 Å². The van der Waals surface area contributed by atoms with E-state index >= 15 is 0 Å². The molecule has 0 aromatic heterocycles. The zero-order valence-corrected chi connectivity index (χ0v) is 10.0. The molecule has 17 heavy (non-hydrogen) atoms. The van der Waals surface area contributed by atoms with Crippen LogP contribution in [-0.4, -0.2) is 23.8 Å². The molecule has 0 fully saturated rings. The molecule has 1 heterocycles. The first-order chi connectivity index (χ1) is 8.04. The first-order valence-electron chi connectivity index (χ1n) is 5.30. The standard InChI is InChI=1S/C8H11N.C5H5NO2/c1-7-2-4-8(6-9)5-3-7;1-6-4(7)2-3-5(6)8/h2-5H,6,9H2,1H3;2-3H,1H3. The highest BCUT2D eigenvalue weighted by Gasteiger charge is 2.17. The number of aryl methyl sites for hydroxylation is 1. The van der Waals surface area contributed by atoms with E-state index in [2.05, 4.69) is 31.2 Å². The fraction of sp³-hybridized carbons (Fsp3) is 0.231. The molecule has 2 N–H and O–H groups in total. The predicted molar refractivity (Wildman–Crippen MR) is 66.0 cm³/mol. The van der Waals surface area contributed by atoms with Gasteiger partial charge in [-0.05, 0) is 12.5 Å². The second kappa shape index (κ2) is 5.96. The van der Waals surface area contributed by atoms with Crippen LogP contribution in [0, 0.1) is 6.92 Å². The largest absolute Gasteiger partial charge is 0.326 e. The molecule has 0 radical (unpaired) electrons. The second-order valence-electron chi connectivity index (χ2n) is 3.76. The summed E-state index contributed by atoms with van der Waals surface area (Å²) >= 11 is 0. The molecular formula is C13H16N2O2.